The summed E-state index contributed by atoms with van der Waals surface area (Å²) >= 11 is 1.80. The van der Waals surface area contributed by atoms with Gasteiger partial charge >= 0.3 is 0 Å². The molecule has 0 nitrogen and oxygen atoms in total. The lowest BCUT2D eigenvalue weighted by molar-refractivity contribution is 1.43. The van der Waals surface area contributed by atoms with E-state index in [1.54, 1.807) is 17.4 Å². The van der Waals surface area contributed by atoms with Crippen LogP contribution >= 0.6 is 11.3 Å². The molecule has 1 heterocycles. The van der Waals surface area contributed by atoms with Crippen molar-refractivity contribution >= 4 is 17.4 Å². The maximum atomic E-state index is 3.63. The van der Waals surface area contributed by atoms with E-state index in [2.05, 4.69) is 31.9 Å². The summed E-state index contributed by atoms with van der Waals surface area (Å²) in [7, 11) is 0. The molecule has 0 bridgehead atoms. The van der Waals surface area contributed by atoms with Gasteiger partial charge < -0.3 is 0 Å². The van der Waals surface area contributed by atoms with Gasteiger partial charge in [0.1, 0.15) is 0 Å². The lowest BCUT2D eigenvalue weighted by Gasteiger charge is -1.89. The first kappa shape index (κ1) is 8.28. The van der Waals surface area contributed by atoms with E-state index in [1.807, 2.05) is 6.08 Å². The topological polar surface area (TPSA) is 0 Å². The molecule has 0 saturated heterocycles. The van der Waals surface area contributed by atoms with Crippen molar-refractivity contribution in [3.05, 3.63) is 40.1 Å². The molecular weight excluding hydrogens is 152 g/mol. The van der Waals surface area contributed by atoms with Crippen LogP contribution in [0, 0.1) is 13.8 Å². The summed E-state index contributed by atoms with van der Waals surface area (Å²) in [5.41, 5.74) is 2.69. The summed E-state index contributed by atoms with van der Waals surface area (Å²) < 4.78 is 0. The third-order valence-corrected chi connectivity index (χ3v) is 2.77. The van der Waals surface area contributed by atoms with Crippen LogP contribution in [0.15, 0.2) is 24.1 Å². The molecule has 58 valence electrons. The Labute approximate surface area is 71.9 Å². The van der Waals surface area contributed by atoms with Crippen molar-refractivity contribution in [2.45, 2.75) is 13.8 Å². The van der Waals surface area contributed by atoms with E-state index in [1.165, 1.54) is 16.0 Å². The van der Waals surface area contributed by atoms with Gasteiger partial charge in [0.2, 0.25) is 0 Å². The summed E-state index contributed by atoms with van der Waals surface area (Å²) in [6.07, 6.45) is 5.85. The van der Waals surface area contributed by atoms with Crippen LogP contribution in [0.5, 0.6) is 0 Å². The highest BCUT2D eigenvalue weighted by atomic mass is 32.1. The molecule has 0 aliphatic rings. The van der Waals surface area contributed by atoms with Gasteiger partial charge in [0.05, 0.1) is 0 Å². The summed E-state index contributed by atoms with van der Waals surface area (Å²) in [5, 5.41) is 2.17. The standard InChI is InChI=1S/C10H12S/c1-4-5-6-10-7-11-9(3)8(10)2/h4-7H,1H2,2-3H3/b6-5-. The molecule has 0 aliphatic carbocycles. The summed E-state index contributed by atoms with van der Waals surface area (Å²) in [6, 6.07) is 0. The summed E-state index contributed by atoms with van der Waals surface area (Å²) in [6.45, 7) is 7.92. The molecule has 1 heteroatoms. The van der Waals surface area contributed by atoms with Crippen molar-refractivity contribution in [2.75, 3.05) is 0 Å². The molecule has 0 unspecified atom stereocenters. The van der Waals surface area contributed by atoms with E-state index >= 15 is 0 Å². The number of hydrogen-bond acceptors (Lipinski definition) is 1. The molecule has 0 aliphatic heterocycles. The van der Waals surface area contributed by atoms with Crippen molar-refractivity contribution in [1.29, 1.82) is 0 Å². The average Bonchev–Trinajstić information content (AvgIpc) is 2.31. The monoisotopic (exact) mass is 164 g/mol. The maximum Gasteiger partial charge on any atom is 0.00495 e. The van der Waals surface area contributed by atoms with Crippen LogP contribution in [-0.4, -0.2) is 0 Å². The van der Waals surface area contributed by atoms with Gasteiger partial charge in [0.15, 0.2) is 0 Å². The first-order chi connectivity index (χ1) is 5.25. The molecule has 0 amide bonds. The second-order valence-corrected chi connectivity index (χ2v) is 3.55. The molecule has 1 aromatic heterocycles. The molecule has 0 spiro atoms. The number of aryl methyl sites for hydroxylation is 1. The maximum absolute atomic E-state index is 3.63. The molecule has 0 saturated carbocycles. The Morgan fingerprint density at radius 3 is 2.64 bits per heavy atom. The quantitative estimate of drug-likeness (QED) is 0.586. The van der Waals surface area contributed by atoms with Gasteiger partial charge in [-0.15, -0.1) is 11.3 Å². The highest BCUT2D eigenvalue weighted by molar-refractivity contribution is 7.10. The van der Waals surface area contributed by atoms with Gasteiger partial charge in [-0.2, -0.15) is 0 Å². The van der Waals surface area contributed by atoms with E-state index in [0.717, 1.165) is 0 Å². The highest BCUT2D eigenvalue weighted by Crippen LogP contribution is 2.21. The van der Waals surface area contributed by atoms with Crippen LogP contribution in [0.4, 0.5) is 0 Å². The van der Waals surface area contributed by atoms with Gasteiger partial charge in [-0.3, -0.25) is 0 Å². The lowest BCUT2D eigenvalue weighted by atomic mass is 10.2. The molecule has 1 rings (SSSR count). The fourth-order valence-corrected chi connectivity index (χ4v) is 1.72. The number of hydrogen-bond donors (Lipinski definition) is 0. The van der Waals surface area contributed by atoms with Crippen LogP contribution in [0.1, 0.15) is 16.0 Å². The Morgan fingerprint density at radius 1 is 1.45 bits per heavy atom. The van der Waals surface area contributed by atoms with Crippen molar-refractivity contribution in [3.8, 4) is 0 Å². The van der Waals surface area contributed by atoms with E-state index in [9.17, 15) is 0 Å². The van der Waals surface area contributed by atoms with Gasteiger partial charge in [0, 0.05) is 4.88 Å². The van der Waals surface area contributed by atoms with Crippen LogP contribution in [0.3, 0.4) is 0 Å². The minimum atomic E-state index is 1.31. The molecule has 0 aromatic carbocycles. The van der Waals surface area contributed by atoms with Crippen molar-refractivity contribution < 1.29 is 0 Å². The highest BCUT2D eigenvalue weighted by Gasteiger charge is 1.98. The zero-order valence-electron chi connectivity index (χ0n) is 6.92. The van der Waals surface area contributed by atoms with Gasteiger partial charge in [-0.05, 0) is 30.4 Å². The van der Waals surface area contributed by atoms with Gasteiger partial charge in [0.25, 0.3) is 0 Å². The van der Waals surface area contributed by atoms with E-state index in [4.69, 9.17) is 0 Å². The lowest BCUT2D eigenvalue weighted by Crippen LogP contribution is -1.72. The molecule has 11 heavy (non-hydrogen) atoms. The van der Waals surface area contributed by atoms with E-state index in [-0.39, 0.29) is 0 Å². The van der Waals surface area contributed by atoms with E-state index in [0.29, 0.717) is 0 Å². The zero-order chi connectivity index (χ0) is 8.27. The third-order valence-electron chi connectivity index (χ3n) is 1.74. The molecule has 0 radical (unpaired) electrons. The van der Waals surface area contributed by atoms with Crippen LogP contribution in [-0.2, 0) is 0 Å². The molecule has 0 N–H and O–H groups in total. The van der Waals surface area contributed by atoms with Crippen molar-refractivity contribution in [1.82, 2.24) is 0 Å². The summed E-state index contributed by atoms with van der Waals surface area (Å²) in [5.74, 6) is 0. The second kappa shape index (κ2) is 3.54. The molecule has 0 fully saturated rings. The largest absolute Gasteiger partial charge is 0.148 e. The van der Waals surface area contributed by atoms with E-state index < -0.39 is 0 Å². The Morgan fingerprint density at radius 2 is 2.18 bits per heavy atom. The van der Waals surface area contributed by atoms with Gasteiger partial charge in [-0.1, -0.05) is 24.8 Å². The molecular formula is C10H12S. The Bertz CT molecular complexity index is 279. The van der Waals surface area contributed by atoms with Crippen molar-refractivity contribution in [3.63, 3.8) is 0 Å². The Balaban J connectivity index is 2.95. The first-order valence-electron chi connectivity index (χ1n) is 3.59. The minimum Gasteiger partial charge on any atom is -0.148 e. The predicted octanol–water partition coefficient (Wildman–Crippen LogP) is 3.56. The summed E-state index contributed by atoms with van der Waals surface area (Å²) in [4.78, 5) is 1.40. The second-order valence-electron chi connectivity index (χ2n) is 2.47. The third kappa shape index (κ3) is 1.81. The first-order valence-corrected chi connectivity index (χ1v) is 4.47. The number of thiophene rings is 1. The fraction of sp³-hybridized carbons (Fsp3) is 0.200. The Hall–Kier alpha value is -0.820. The number of rotatable bonds is 2. The fourth-order valence-electron chi connectivity index (χ4n) is 0.868. The Kier molecular flexibility index (Phi) is 2.66. The SMILES string of the molecule is C=C/C=C\c1csc(C)c1C. The smallest absolute Gasteiger partial charge is 0.00495 e. The molecule has 0 atom stereocenters. The normalized spacial score (nSPS) is 10.7. The average molecular weight is 164 g/mol. The van der Waals surface area contributed by atoms with Gasteiger partial charge in [-0.25, -0.2) is 0 Å². The zero-order valence-corrected chi connectivity index (χ0v) is 7.74. The van der Waals surface area contributed by atoms with Crippen LogP contribution in [0.2, 0.25) is 0 Å². The van der Waals surface area contributed by atoms with Crippen molar-refractivity contribution in [2.24, 2.45) is 0 Å². The number of allylic oxidation sites excluding steroid dienone is 2. The molecule has 1 aromatic rings. The minimum absolute atomic E-state index is 1.31. The van der Waals surface area contributed by atoms with Crippen LogP contribution < -0.4 is 0 Å². The van der Waals surface area contributed by atoms with Crippen LogP contribution in [0.25, 0.3) is 6.08 Å². The predicted molar refractivity (Wildman–Crippen MR) is 53.0 cm³/mol.